The number of hydrogen-bond donors (Lipinski definition) is 1. The predicted octanol–water partition coefficient (Wildman–Crippen LogP) is 2.84. The normalized spacial score (nSPS) is 11.7. The van der Waals surface area contributed by atoms with Gasteiger partial charge in [-0.3, -0.25) is 15.1 Å². The number of allylic oxidation sites excluding steroid dienone is 1. The molecule has 1 aromatic rings. The zero-order valence-corrected chi connectivity index (χ0v) is 11.8. The molecule has 0 spiro atoms. The maximum Gasteiger partial charge on any atom is 0.196 e. The van der Waals surface area contributed by atoms with E-state index < -0.39 is 0 Å². The molecule has 0 aliphatic carbocycles. The van der Waals surface area contributed by atoms with Crippen molar-refractivity contribution in [3.05, 3.63) is 45.6 Å². The number of ketones is 1. The van der Waals surface area contributed by atoms with Crippen LogP contribution in [-0.2, 0) is 9.68 Å². The average Bonchev–Trinajstić information content (AvgIpc) is 2.41. The van der Waals surface area contributed by atoms with Crippen LogP contribution in [0.25, 0.3) is 0 Å². The molecule has 0 aliphatic rings. The van der Waals surface area contributed by atoms with Crippen LogP contribution in [0.3, 0.4) is 0 Å². The van der Waals surface area contributed by atoms with Crippen LogP contribution in [0.1, 0.15) is 10.4 Å². The second kappa shape index (κ2) is 7.78. The topological polar surface area (TPSA) is 59.9 Å². The van der Waals surface area contributed by atoms with Crippen molar-refractivity contribution in [3.8, 4) is 0 Å². The van der Waals surface area contributed by atoms with Gasteiger partial charge in [-0.15, -0.1) is 0 Å². The molecule has 0 amide bonds. The molecule has 0 saturated carbocycles. The van der Waals surface area contributed by atoms with Crippen LogP contribution in [0.2, 0.25) is 10.0 Å². The van der Waals surface area contributed by atoms with Crippen molar-refractivity contribution in [2.24, 2.45) is 5.16 Å². The third-order valence-electron chi connectivity index (χ3n) is 2.07. The maximum atomic E-state index is 12.2. The number of Topliss-reactive ketones (excluding diaryl/α,β-unsaturated/α-hetero) is 1. The first-order valence-corrected chi connectivity index (χ1v) is 5.90. The number of oxime groups is 1. The van der Waals surface area contributed by atoms with Gasteiger partial charge in [0.1, 0.15) is 7.11 Å². The molecule has 0 fully saturated rings. The lowest BCUT2D eigenvalue weighted by Crippen LogP contribution is -2.11. The van der Waals surface area contributed by atoms with Crippen LogP contribution in [0.5, 0.6) is 0 Å². The molecule has 19 heavy (non-hydrogen) atoms. The van der Waals surface area contributed by atoms with Crippen molar-refractivity contribution >= 4 is 35.2 Å². The third-order valence-corrected chi connectivity index (χ3v) is 2.81. The van der Waals surface area contributed by atoms with E-state index in [2.05, 4.69) is 20.3 Å². The Morgan fingerprint density at radius 2 is 2.05 bits per heavy atom. The minimum Gasteiger partial charge on any atom is -0.399 e. The fourth-order valence-corrected chi connectivity index (χ4v) is 1.50. The fourth-order valence-electron chi connectivity index (χ4n) is 1.20. The molecule has 1 N–H and O–H groups in total. The molecule has 102 valence electrons. The van der Waals surface area contributed by atoms with Crippen LogP contribution in [-0.4, -0.2) is 26.2 Å². The fraction of sp³-hybridized carbons (Fsp3) is 0.167. The van der Waals surface area contributed by atoms with Gasteiger partial charge in [-0.2, -0.15) is 0 Å². The number of hydrogen-bond acceptors (Lipinski definition) is 5. The molecular weight excluding hydrogens is 291 g/mol. The summed E-state index contributed by atoms with van der Waals surface area (Å²) in [6.07, 6.45) is 2.62. The van der Waals surface area contributed by atoms with E-state index in [9.17, 15) is 4.79 Å². The standard InChI is InChI=1S/C12H12Cl2N2O3/c1-18-15-6-9(7-16-19-2)12(17)8-3-4-10(13)11(14)5-8/h3-7,15H,1-2H3/b9-6+,16-7-. The monoisotopic (exact) mass is 302 g/mol. The predicted molar refractivity (Wildman–Crippen MR) is 74.5 cm³/mol. The Morgan fingerprint density at radius 1 is 1.32 bits per heavy atom. The summed E-state index contributed by atoms with van der Waals surface area (Å²) in [4.78, 5) is 21.4. The summed E-state index contributed by atoms with van der Waals surface area (Å²) in [5, 5.41) is 4.22. The summed E-state index contributed by atoms with van der Waals surface area (Å²) in [6, 6.07) is 4.59. The number of rotatable bonds is 6. The minimum absolute atomic E-state index is 0.238. The van der Waals surface area contributed by atoms with Crippen LogP contribution < -0.4 is 5.48 Å². The van der Waals surface area contributed by atoms with Gasteiger partial charge in [0.25, 0.3) is 0 Å². The minimum atomic E-state index is -0.302. The van der Waals surface area contributed by atoms with E-state index in [0.717, 1.165) is 0 Å². The highest BCUT2D eigenvalue weighted by atomic mass is 35.5. The molecule has 0 radical (unpaired) electrons. The number of benzene rings is 1. The molecule has 1 rings (SSSR count). The lowest BCUT2D eigenvalue weighted by molar-refractivity contribution is 0.102. The van der Waals surface area contributed by atoms with Gasteiger partial charge >= 0.3 is 0 Å². The smallest absolute Gasteiger partial charge is 0.196 e. The summed E-state index contributed by atoms with van der Waals surface area (Å²) in [5.41, 5.74) is 3.06. The highest BCUT2D eigenvalue weighted by molar-refractivity contribution is 6.42. The molecule has 0 saturated heterocycles. The van der Waals surface area contributed by atoms with E-state index in [1.54, 1.807) is 12.1 Å². The highest BCUT2D eigenvalue weighted by Crippen LogP contribution is 2.23. The molecule has 0 unspecified atom stereocenters. The number of halogens is 2. The Balaban J connectivity index is 3.04. The van der Waals surface area contributed by atoms with Crippen molar-refractivity contribution in [1.29, 1.82) is 0 Å². The Labute approximate surface area is 120 Å². The first-order valence-electron chi connectivity index (χ1n) is 5.15. The van der Waals surface area contributed by atoms with Crippen LogP contribution in [0, 0.1) is 0 Å². The zero-order chi connectivity index (χ0) is 14.3. The second-order valence-electron chi connectivity index (χ2n) is 3.30. The summed E-state index contributed by atoms with van der Waals surface area (Å²) < 4.78 is 0. The lowest BCUT2D eigenvalue weighted by atomic mass is 10.1. The van der Waals surface area contributed by atoms with Gasteiger partial charge in [-0.05, 0) is 18.2 Å². The van der Waals surface area contributed by atoms with Crippen molar-refractivity contribution in [1.82, 2.24) is 5.48 Å². The van der Waals surface area contributed by atoms with E-state index in [-0.39, 0.29) is 11.4 Å². The zero-order valence-electron chi connectivity index (χ0n) is 10.3. The number of nitrogens with zero attached hydrogens (tertiary/aromatic N) is 1. The molecular formula is C12H12Cl2N2O3. The quantitative estimate of drug-likeness (QED) is 0.380. The third kappa shape index (κ3) is 4.55. The van der Waals surface area contributed by atoms with Crippen molar-refractivity contribution in [2.75, 3.05) is 14.2 Å². The molecule has 1 aromatic carbocycles. The molecule has 7 heteroatoms. The van der Waals surface area contributed by atoms with E-state index in [1.165, 1.54) is 32.7 Å². The molecule has 0 bridgehead atoms. The van der Waals surface area contributed by atoms with Crippen molar-refractivity contribution in [3.63, 3.8) is 0 Å². The molecule has 0 aliphatic heterocycles. The molecule has 5 nitrogen and oxygen atoms in total. The largest absolute Gasteiger partial charge is 0.399 e. The summed E-state index contributed by atoms with van der Waals surface area (Å²) in [7, 11) is 2.80. The van der Waals surface area contributed by atoms with Gasteiger partial charge in [0.2, 0.25) is 0 Å². The number of carbonyl (C=O) groups excluding carboxylic acids is 1. The van der Waals surface area contributed by atoms with Crippen molar-refractivity contribution < 1.29 is 14.5 Å². The average molecular weight is 303 g/mol. The first-order chi connectivity index (χ1) is 9.10. The van der Waals surface area contributed by atoms with Gasteiger partial charge in [0.15, 0.2) is 5.78 Å². The van der Waals surface area contributed by atoms with E-state index in [4.69, 9.17) is 23.2 Å². The maximum absolute atomic E-state index is 12.2. The van der Waals surface area contributed by atoms with Gasteiger partial charge in [-0.1, -0.05) is 28.4 Å². The lowest BCUT2D eigenvalue weighted by Gasteiger charge is -2.04. The Hall–Kier alpha value is -1.56. The first kappa shape index (κ1) is 15.5. The van der Waals surface area contributed by atoms with Crippen molar-refractivity contribution in [2.45, 2.75) is 0 Å². The van der Waals surface area contributed by atoms with E-state index in [1.807, 2.05) is 0 Å². The van der Waals surface area contributed by atoms with Gasteiger partial charge in [0, 0.05) is 11.8 Å². The Kier molecular flexibility index (Phi) is 6.35. The molecule has 0 heterocycles. The molecule has 0 aromatic heterocycles. The second-order valence-corrected chi connectivity index (χ2v) is 4.11. The van der Waals surface area contributed by atoms with E-state index >= 15 is 0 Å². The van der Waals surface area contributed by atoms with Gasteiger partial charge in [-0.25, -0.2) is 0 Å². The Morgan fingerprint density at radius 3 is 2.63 bits per heavy atom. The highest BCUT2D eigenvalue weighted by Gasteiger charge is 2.12. The van der Waals surface area contributed by atoms with Crippen LogP contribution >= 0.6 is 23.2 Å². The number of nitrogens with one attached hydrogen (secondary N) is 1. The summed E-state index contributed by atoms with van der Waals surface area (Å²) >= 11 is 11.7. The Bertz CT molecular complexity index is 516. The van der Waals surface area contributed by atoms with Gasteiger partial charge < -0.3 is 4.84 Å². The van der Waals surface area contributed by atoms with E-state index in [0.29, 0.717) is 15.6 Å². The van der Waals surface area contributed by atoms with Crippen LogP contribution in [0.4, 0.5) is 0 Å². The number of hydroxylamine groups is 1. The SMILES string of the molecule is CO/N=C\C(=C/NOC)C(=O)c1ccc(Cl)c(Cl)c1. The molecule has 0 atom stereocenters. The van der Waals surface area contributed by atoms with Crippen LogP contribution in [0.15, 0.2) is 35.1 Å². The summed E-state index contributed by atoms with van der Waals surface area (Å²) in [6.45, 7) is 0. The van der Waals surface area contributed by atoms with Gasteiger partial charge in [0.05, 0.1) is 28.9 Å². The summed E-state index contributed by atoms with van der Waals surface area (Å²) in [5.74, 6) is -0.302. The number of carbonyl (C=O) groups is 1.